The SMILES string of the molecule is CCCCCCC1CCC(C2CCC(CCC3CCCC(CCC4CCC(C5CCC(CCCCCC)CC5)CC4)C3)CC2)CC1. The summed E-state index contributed by atoms with van der Waals surface area (Å²) in [5, 5.41) is 0. The molecule has 5 saturated carbocycles. The number of unbranched alkanes of at least 4 members (excludes halogenated alkanes) is 6. The largest absolute Gasteiger partial charge is 0.0654 e. The van der Waals surface area contributed by atoms with Gasteiger partial charge in [-0.2, -0.15) is 0 Å². The molecule has 0 aromatic heterocycles. The molecule has 46 heavy (non-hydrogen) atoms. The van der Waals surface area contributed by atoms with Gasteiger partial charge in [-0.15, -0.1) is 0 Å². The third kappa shape index (κ3) is 12.7. The second kappa shape index (κ2) is 21.3. The molecule has 0 amide bonds. The summed E-state index contributed by atoms with van der Waals surface area (Å²) in [4.78, 5) is 0. The highest BCUT2D eigenvalue weighted by atomic mass is 14.4. The third-order valence-electron chi connectivity index (χ3n) is 15.7. The molecule has 0 aromatic carbocycles. The summed E-state index contributed by atoms with van der Waals surface area (Å²) in [6.45, 7) is 4.69. The number of rotatable bonds is 18. The quantitative estimate of drug-likeness (QED) is 0.131. The second-order valence-corrected chi connectivity index (χ2v) is 18.9. The van der Waals surface area contributed by atoms with E-state index in [4.69, 9.17) is 0 Å². The lowest BCUT2D eigenvalue weighted by Crippen LogP contribution is -2.26. The van der Waals surface area contributed by atoms with E-state index in [-0.39, 0.29) is 0 Å². The Bertz CT molecular complexity index is 674. The van der Waals surface area contributed by atoms with Gasteiger partial charge in [0.2, 0.25) is 0 Å². The predicted octanol–water partition coefficient (Wildman–Crippen LogP) is 15.5. The van der Waals surface area contributed by atoms with Crippen LogP contribution in [0.2, 0.25) is 0 Å². The summed E-state index contributed by atoms with van der Waals surface area (Å²) < 4.78 is 0. The minimum atomic E-state index is 1.08. The predicted molar refractivity (Wildman–Crippen MR) is 203 cm³/mol. The van der Waals surface area contributed by atoms with Crippen LogP contribution in [0.3, 0.4) is 0 Å². The Morgan fingerprint density at radius 2 is 0.587 bits per heavy atom. The lowest BCUT2D eigenvalue weighted by molar-refractivity contribution is 0.130. The Labute approximate surface area is 290 Å². The Balaban J connectivity index is 0.882. The molecule has 5 aliphatic rings. The van der Waals surface area contributed by atoms with Crippen LogP contribution >= 0.6 is 0 Å². The van der Waals surface area contributed by atoms with E-state index in [2.05, 4.69) is 13.8 Å². The lowest BCUT2D eigenvalue weighted by atomic mass is 9.67. The summed E-state index contributed by atoms with van der Waals surface area (Å²) in [5.74, 6) is 10.9. The topological polar surface area (TPSA) is 0 Å². The monoisotopic (exact) mass is 637 g/mol. The van der Waals surface area contributed by atoms with Crippen LogP contribution in [0.15, 0.2) is 0 Å². The molecule has 0 nitrogen and oxygen atoms in total. The minimum Gasteiger partial charge on any atom is -0.0654 e. The summed E-state index contributed by atoms with van der Waals surface area (Å²) in [7, 11) is 0. The van der Waals surface area contributed by atoms with Crippen LogP contribution in [0.5, 0.6) is 0 Å². The van der Waals surface area contributed by atoms with Crippen LogP contribution in [0.1, 0.15) is 232 Å². The molecule has 0 aliphatic heterocycles. The Morgan fingerprint density at radius 3 is 0.913 bits per heavy atom. The fourth-order valence-electron chi connectivity index (χ4n) is 12.4. The maximum atomic E-state index is 2.35. The van der Waals surface area contributed by atoms with Crippen molar-refractivity contribution in [1.29, 1.82) is 0 Å². The van der Waals surface area contributed by atoms with Crippen molar-refractivity contribution < 1.29 is 0 Å². The van der Waals surface area contributed by atoms with Gasteiger partial charge in [0, 0.05) is 0 Å². The number of hydrogen-bond acceptors (Lipinski definition) is 0. The maximum absolute atomic E-state index is 2.35. The van der Waals surface area contributed by atoms with E-state index in [1.165, 1.54) is 51.4 Å². The van der Waals surface area contributed by atoms with Crippen molar-refractivity contribution in [2.45, 2.75) is 232 Å². The Morgan fingerprint density at radius 1 is 0.283 bits per heavy atom. The Kier molecular flexibility index (Phi) is 17.2. The molecule has 0 radical (unpaired) electrons. The average molecular weight is 637 g/mol. The van der Waals surface area contributed by atoms with E-state index in [0.717, 1.165) is 59.2 Å². The molecule has 5 fully saturated rings. The van der Waals surface area contributed by atoms with Gasteiger partial charge in [-0.1, -0.05) is 174 Å². The van der Waals surface area contributed by atoms with E-state index in [1.54, 1.807) is 167 Å². The van der Waals surface area contributed by atoms with Crippen LogP contribution in [0.4, 0.5) is 0 Å². The molecule has 2 atom stereocenters. The highest BCUT2D eigenvalue weighted by Gasteiger charge is 2.33. The lowest BCUT2D eigenvalue weighted by Gasteiger charge is -2.39. The molecule has 0 aromatic rings. The van der Waals surface area contributed by atoms with Crippen molar-refractivity contribution in [3.8, 4) is 0 Å². The summed E-state index contributed by atoms with van der Waals surface area (Å²) in [6, 6.07) is 0. The first-order valence-electron chi connectivity index (χ1n) is 22.7. The van der Waals surface area contributed by atoms with E-state index in [1.807, 2.05) is 0 Å². The fourth-order valence-corrected chi connectivity index (χ4v) is 12.4. The van der Waals surface area contributed by atoms with Crippen molar-refractivity contribution in [1.82, 2.24) is 0 Å². The van der Waals surface area contributed by atoms with Crippen molar-refractivity contribution in [2.75, 3.05) is 0 Å². The molecule has 0 heteroatoms. The maximum Gasteiger partial charge on any atom is -0.0386 e. The molecule has 5 aliphatic carbocycles. The first-order valence-corrected chi connectivity index (χ1v) is 22.7. The second-order valence-electron chi connectivity index (χ2n) is 18.9. The molecular weight excluding hydrogens is 553 g/mol. The molecule has 268 valence electrons. The highest BCUT2D eigenvalue weighted by molar-refractivity contribution is 4.85. The van der Waals surface area contributed by atoms with Crippen molar-refractivity contribution in [3.05, 3.63) is 0 Å². The van der Waals surface area contributed by atoms with Crippen molar-refractivity contribution in [2.24, 2.45) is 59.2 Å². The molecular formula is C46H84. The van der Waals surface area contributed by atoms with Gasteiger partial charge in [0.05, 0.1) is 0 Å². The molecule has 0 N–H and O–H groups in total. The normalized spacial score (nSPS) is 37.7. The van der Waals surface area contributed by atoms with Gasteiger partial charge in [-0.05, 0) is 117 Å². The van der Waals surface area contributed by atoms with Gasteiger partial charge in [-0.25, -0.2) is 0 Å². The van der Waals surface area contributed by atoms with Crippen molar-refractivity contribution >= 4 is 0 Å². The first-order chi connectivity index (χ1) is 22.7. The molecule has 0 bridgehead atoms. The standard InChI is InChI=1S/C46H84/c1-3-5-7-9-12-37-20-28-43(29-21-37)45-32-24-39(25-33-45)16-18-41-14-11-15-42(36-41)19-17-40-26-34-46(35-27-40)44-30-22-38(23-31-44)13-10-8-6-4-2/h37-46H,3-36H2,1-2H3. The summed E-state index contributed by atoms with van der Waals surface area (Å²) >= 11 is 0. The van der Waals surface area contributed by atoms with E-state index in [9.17, 15) is 0 Å². The van der Waals surface area contributed by atoms with Crippen LogP contribution in [0.25, 0.3) is 0 Å². The van der Waals surface area contributed by atoms with Gasteiger partial charge < -0.3 is 0 Å². The Hall–Kier alpha value is 0. The smallest absolute Gasteiger partial charge is 0.0386 e. The van der Waals surface area contributed by atoms with Crippen LogP contribution in [0, 0.1) is 59.2 Å². The minimum absolute atomic E-state index is 1.08. The van der Waals surface area contributed by atoms with Gasteiger partial charge in [0.1, 0.15) is 0 Å². The highest BCUT2D eigenvalue weighted by Crippen LogP contribution is 2.46. The van der Waals surface area contributed by atoms with Crippen LogP contribution in [-0.4, -0.2) is 0 Å². The van der Waals surface area contributed by atoms with Crippen LogP contribution in [-0.2, 0) is 0 Å². The van der Waals surface area contributed by atoms with Gasteiger partial charge in [0.25, 0.3) is 0 Å². The third-order valence-corrected chi connectivity index (χ3v) is 15.7. The van der Waals surface area contributed by atoms with E-state index in [0.29, 0.717) is 0 Å². The molecule has 0 saturated heterocycles. The summed E-state index contributed by atoms with van der Waals surface area (Å²) in [6.07, 6.45) is 52.7. The zero-order chi connectivity index (χ0) is 31.8. The van der Waals surface area contributed by atoms with Crippen LogP contribution < -0.4 is 0 Å². The average Bonchev–Trinajstić information content (AvgIpc) is 3.11. The van der Waals surface area contributed by atoms with E-state index < -0.39 is 0 Å². The molecule has 0 spiro atoms. The molecule has 0 heterocycles. The van der Waals surface area contributed by atoms with Gasteiger partial charge in [-0.3, -0.25) is 0 Å². The first kappa shape index (κ1) is 37.3. The van der Waals surface area contributed by atoms with Gasteiger partial charge in [0.15, 0.2) is 0 Å². The van der Waals surface area contributed by atoms with Gasteiger partial charge >= 0.3 is 0 Å². The van der Waals surface area contributed by atoms with Crippen molar-refractivity contribution in [3.63, 3.8) is 0 Å². The zero-order valence-corrected chi connectivity index (χ0v) is 31.8. The number of hydrogen-bond donors (Lipinski definition) is 0. The fraction of sp³-hybridized carbons (Fsp3) is 1.00. The molecule has 5 rings (SSSR count). The molecule has 2 unspecified atom stereocenters. The summed E-state index contributed by atoms with van der Waals surface area (Å²) in [5.41, 5.74) is 0. The zero-order valence-electron chi connectivity index (χ0n) is 31.8. The van der Waals surface area contributed by atoms with E-state index >= 15 is 0 Å².